The van der Waals surface area contributed by atoms with E-state index in [2.05, 4.69) is 77.8 Å². The molecule has 0 saturated carbocycles. The van der Waals surface area contributed by atoms with E-state index in [1.807, 2.05) is 12.1 Å². The van der Waals surface area contributed by atoms with Gasteiger partial charge in [-0.05, 0) is 53.2 Å². The lowest BCUT2D eigenvalue weighted by molar-refractivity contribution is 0.885. The first-order chi connectivity index (χ1) is 13.8. The minimum absolute atomic E-state index is 0.797. The van der Waals surface area contributed by atoms with Gasteiger partial charge in [0.2, 0.25) is 0 Å². The number of aromatic amines is 1. The minimum atomic E-state index is 0.797. The third kappa shape index (κ3) is 2.73. The Morgan fingerprint density at radius 3 is 2.43 bits per heavy atom. The maximum atomic E-state index is 9.92. The first-order valence-electron chi connectivity index (χ1n) is 9.70. The summed E-state index contributed by atoms with van der Waals surface area (Å²) >= 11 is 0. The summed E-state index contributed by atoms with van der Waals surface area (Å²) in [6.45, 7) is 0. The van der Waals surface area contributed by atoms with Crippen LogP contribution in [0.5, 0.6) is 0 Å². The second kappa shape index (κ2) is 6.87. The Labute approximate surface area is 164 Å². The molecule has 0 radical (unpaired) electrons. The van der Waals surface area contributed by atoms with Gasteiger partial charge in [-0.15, -0.1) is 0 Å². The third-order valence-electron chi connectivity index (χ3n) is 5.71. The van der Waals surface area contributed by atoms with Crippen molar-refractivity contribution in [3.05, 3.63) is 101 Å². The molecule has 1 aromatic heterocycles. The molecule has 0 bridgehead atoms. The molecule has 3 aromatic carbocycles. The molecule has 0 aliphatic heterocycles. The molecule has 0 atom stereocenters. The topological polar surface area (TPSA) is 39.6 Å². The monoisotopic (exact) mass is 360 g/mol. The van der Waals surface area contributed by atoms with Crippen molar-refractivity contribution in [3.8, 4) is 17.3 Å². The number of fused-ring (bicyclic) bond motifs is 2. The average Bonchev–Trinajstić information content (AvgIpc) is 3.13. The summed E-state index contributed by atoms with van der Waals surface area (Å²) in [6.07, 6.45) is 2.73. The van der Waals surface area contributed by atoms with Crippen LogP contribution in [-0.4, -0.2) is 4.98 Å². The van der Waals surface area contributed by atoms with Crippen molar-refractivity contribution < 1.29 is 0 Å². The van der Waals surface area contributed by atoms with Gasteiger partial charge in [0.25, 0.3) is 0 Å². The van der Waals surface area contributed by atoms with Gasteiger partial charge < -0.3 is 4.98 Å². The molecule has 1 aliphatic carbocycles. The van der Waals surface area contributed by atoms with Crippen molar-refractivity contribution in [2.45, 2.75) is 19.3 Å². The molecule has 28 heavy (non-hydrogen) atoms. The van der Waals surface area contributed by atoms with E-state index in [0.29, 0.717) is 0 Å². The molecular weight excluding hydrogens is 340 g/mol. The fourth-order valence-corrected chi connectivity index (χ4v) is 4.35. The van der Waals surface area contributed by atoms with Crippen molar-refractivity contribution in [3.63, 3.8) is 0 Å². The van der Waals surface area contributed by atoms with Crippen molar-refractivity contribution in [1.29, 1.82) is 5.26 Å². The van der Waals surface area contributed by atoms with Crippen LogP contribution in [0, 0.1) is 11.3 Å². The first-order valence-corrected chi connectivity index (χ1v) is 9.70. The van der Waals surface area contributed by atoms with Gasteiger partial charge in [-0.3, -0.25) is 0 Å². The molecule has 0 amide bonds. The molecule has 5 rings (SSSR count). The summed E-state index contributed by atoms with van der Waals surface area (Å²) < 4.78 is 0. The summed E-state index contributed by atoms with van der Waals surface area (Å²) in [4.78, 5) is 3.62. The Morgan fingerprint density at radius 1 is 0.821 bits per heavy atom. The molecule has 0 saturated heterocycles. The molecule has 0 fully saturated rings. The highest BCUT2D eigenvalue weighted by Crippen LogP contribution is 2.37. The van der Waals surface area contributed by atoms with Crippen molar-refractivity contribution in [2.24, 2.45) is 0 Å². The standard InChI is InChI=1S/C26H20N2/c27-17-24-20(15-14-18-8-4-5-11-21(18)24)16-23-22-12-6-7-13-25(22)28-26(23)19-9-2-1-3-10-19/h1-13,28H,14-16H2. The SMILES string of the molecule is N#CC1=C(Cc2c(-c3ccccc3)[nH]c3ccccc23)CCc2ccccc21. The van der Waals surface area contributed by atoms with E-state index in [9.17, 15) is 5.26 Å². The summed E-state index contributed by atoms with van der Waals surface area (Å²) in [7, 11) is 0. The number of aryl methyl sites for hydroxylation is 1. The Balaban J connectivity index is 1.68. The Hall–Kier alpha value is -3.57. The van der Waals surface area contributed by atoms with Crippen LogP contribution in [0.2, 0.25) is 0 Å². The van der Waals surface area contributed by atoms with E-state index < -0.39 is 0 Å². The normalized spacial score (nSPS) is 13.4. The van der Waals surface area contributed by atoms with E-state index in [0.717, 1.165) is 41.6 Å². The number of nitrogens with one attached hydrogen (secondary N) is 1. The van der Waals surface area contributed by atoms with Crippen LogP contribution in [0.15, 0.2) is 84.4 Å². The van der Waals surface area contributed by atoms with Crippen molar-refractivity contribution >= 4 is 16.5 Å². The summed E-state index contributed by atoms with van der Waals surface area (Å²) in [5.41, 5.74) is 9.25. The van der Waals surface area contributed by atoms with Crippen LogP contribution in [-0.2, 0) is 12.8 Å². The van der Waals surface area contributed by atoms with Gasteiger partial charge in [0.15, 0.2) is 0 Å². The lowest BCUT2D eigenvalue weighted by Gasteiger charge is -2.20. The molecule has 1 N–H and O–H groups in total. The number of hydrogen-bond acceptors (Lipinski definition) is 1. The maximum Gasteiger partial charge on any atom is 0.0997 e. The number of allylic oxidation sites excluding steroid dienone is 2. The van der Waals surface area contributed by atoms with Crippen LogP contribution in [0.4, 0.5) is 0 Å². The van der Waals surface area contributed by atoms with Gasteiger partial charge in [-0.1, -0.05) is 72.8 Å². The highest BCUT2D eigenvalue weighted by atomic mass is 14.7. The van der Waals surface area contributed by atoms with Crippen LogP contribution in [0.3, 0.4) is 0 Å². The zero-order chi connectivity index (χ0) is 18.9. The van der Waals surface area contributed by atoms with E-state index in [-0.39, 0.29) is 0 Å². The molecule has 1 aliphatic rings. The maximum absolute atomic E-state index is 9.92. The fraction of sp³-hybridized carbons (Fsp3) is 0.115. The minimum Gasteiger partial charge on any atom is -0.354 e. The molecule has 2 nitrogen and oxygen atoms in total. The smallest absolute Gasteiger partial charge is 0.0997 e. The zero-order valence-corrected chi connectivity index (χ0v) is 15.6. The predicted octanol–water partition coefficient (Wildman–Crippen LogP) is 6.30. The van der Waals surface area contributed by atoms with Crippen LogP contribution in [0.25, 0.3) is 27.7 Å². The Bertz CT molecular complexity index is 1240. The number of hydrogen-bond donors (Lipinski definition) is 1. The highest BCUT2D eigenvalue weighted by molar-refractivity contribution is 5.92. The number of rotatable bonds is 3. The summed E-state index contributed by atoms with van der Waals surface area (Å²) in [5, 5.41) is 11.2. The quantitative estimate of drug-likeness (QED) is 0.457. The van der Waals surface area contributed by atoms with Gasteiger partial charge >= 0.3 is 0 Å². The molecule has 1 heterocycles. The number of nitriles is 1. The number of H-pyrrole nitrogens is 1. The fourth-order valence-electron chi connectivity index (χ4n) is 4.35. The molecule has 134 valence electrons. The lowest BCUT2D eigenvalue weighted by atomic mass is 9.83. The molecule has 4 aromatic rings. The van der Waals surface area contributed by atoms with Gasteiger partial charge in [-0.2, -0.15) is 5.26 Å². The van der Waals surface area contributed by atoms with Gasteiger partial charge in [0, 0.05) is 10.9 Å². The van der Waals surface area contributed by atoms with Gasteiger partial charge in [0.1, 0.15) is 0 Å². The second-order valence-electron chi connectivity index (χ2n) is 7.31. The number of benzene rings is 3. The summed E-state index contributed by atoms with van der Waals surface area (Å²) in [5.74, 6) is 0. The number of aromatic nitrogens is 1. The van der Waals surface area contributed by atoms with Gasteiger partial charge in [-0.25, -0.2) is 0 Å². The Morgan fingerprint density at radius 2 is 1.57 bits per heavy atom. The number of para-hydroxylation sites is 1. The third-order valence-corrected chi connectivity index (χ3v) is 5.71. The van der Waals surface area contributed by atoms with Crippen molar-refractivity contribution in [2.75, 3.05) is 0 Å². The second-order valence-corrected chi connectivity index (χ2v) is 7.31. The highest BCUT2D eigenvalue weighted by Gasteiger charge is 2.21. The largest absolute Gasteiger partial charge is 0.354 e. The van der Waals surface area contributed by atoms with E-state index in [1.165, 1.54) is 27.6 Å². The molecule has 0 spiro atoms. The van der Waals surface area contributed by atoms with Crippen molar-refractivity contribution in [1.82, 2.24) is 4.98 Å². The Kier molecular flexibility index (Phi) is 4.07. The number of nitrogens with zero attached hydrogens (tertiary/aromatic N) is 1. The van der Waals surface area contributed by atoms with Gasteiger partial charge in [0.05, 0.1) is 17.3 Å². The summed E-state index contributed by atoms with van der Waals surface area (Å²) in [6, 6.07) is 29.7. The average molecular weight is 360 g/mol. The lowest BCUT2D eigenvalue weighted by Crippen LogP contribution is -2.06. The van der Waals surface area contributed by atoms with Crippen LogP contribution >= 0.6 is 0 Å². The van der Waals surface area contributed by atoms with E-state index in [4.69, 9.17) is 0 Å². The van der Waals surface area contributed by atoms with E-state index in [1.54, 1.807) is 0 Å². The van der Waals surface area contributed by atoms with E-state index >= 15 is 0 Å². The molecular formula is C26H20N2. The van der Waals surface area contributed by atoms with Crippen LogP contribution in [0.1, 0.15) is 23.1 Å². The first kappa shape index (κ1) is 16.6. The molecule has 0 unspecified atom stereocenters. The zero-order valence-electron chi connectivity index (χ0n) is 15.6. The predicted molar refractivity (Wildman–Crippen MR) is 115 cm³/mol. The van der Waals surface area contributed by atoms with Crippen LogP contribution < -0.4 is 0 Å². The molecule has 2 heteroatoms.